The van der Waals surface area contributed by atoms with Crippen molar-refractivity contribution in [2.45, 2.75) is 32.2 Å². The van der Waals surface area contributed by atoms with Gasteiger partial charge < -0.3 is 10.1 Å². The lowest BCUT2D eigenvalue weighted by molar-refractivity contribution is -0.384. The fourth-order valence-electron chi connectivity index (χ4n) is 2.66. The molecule has 1 N–H and O–H groups in total. The molecule has 116 valence electrons. The predicted octanol–water partition coefficient (Wildman–Crippen LogP) is 2.89. The lowest BCUT2D eigenvalue weighted by Crippen LogP contribution is -2.41. The molecule has 0 radical (unpaired) electrons. The Balaban J connectivity index is 1.98. The highest BCUT2D eigenvalue weighted by Gasteiger charge is 2.17. The third-order valence-electron chi connectivity index (χ3n) is 3.95. The highest BCUT2D eigenvalue weighted by atomic mass is 16.6. The van der Waals surface area contributed by atoms with Crippen LogP contribution in [-0.2, 0) is 0 Å². The molecule has 0 aliphatic carbocycles. The quantitative estimate of drug-likeness (QED) is 0.645. The molecular weight excluding hydrogens is 270 g/mol. The molecule has 6 heteroatoms. The van der Waals surface area contributed by atoms with Gasteiger partial charge in [-0.15, -0.1) is 0 Å². The third-order valence-corrected chi connectivity index (χ3v) is 3.95. The molecule has 1 aliphatic heterocycles. The summed E-state index contributed by atoms with van der Waals surface area (Å²) < 4.78 is 5.11. The third kappa shape index (κ3) is 4.32. The van der Waals surface area contributed by atoms with Crippen LogP contribution >= 0.6 is 0 Å². The minimum Gasteiger partial charge on any atom is -0.496 e. The SMILES string of the molecule is COc1cc(NCC(C)N2CCCCC2)cc([N+](=O)[O-])c1. The van der Waals surface area contributed by atoms with Gasteiger partial charge in [0, 0.05) is 30.4 Å². The van der Waals surface area contributed by atoms with Gasteiger partial charge in [-0.05, 0) is 32.9 Å². The van der Waals surface area contributed by atoms with E-state index in [0.717, 1.165) is 25.3 Å². The maximum Gasteiger partial charge on any atom is 0.275 e. The molecule has 1 aromatic rings. The first-order chi connectivity index (χ1) is 10.1. The van der Waals surface area contributed by atoms with Gasteiger partial charge in [-0.3, -0.25) is 15.0 Å². The molecule has 0 amide bonds. The average Bonchev–Trinajstić information content (AvgIpc) is 2.53. The summed E-state index contributed by atoms with van der Waals surface area (Å²) in [6.07, 6.45) is 3.84. The van der Waals surface area contributed by atoms with Crippen LogP contribution in [0.5, 0.6) is 5.75 Å². The molecule has 1 heterocycles. The number of piperidine rings is 1. The van der Waals surface area contributed by atoms with E-state index >= 15 is 0 Å². The number of nitro groups is 1. The molecule has 1 fully saturated rings. The topological polar surface area (TPSA) is 67.6 Å². The van der Waals surface area contributed by atoms with Crippen molar-refractivity contribution in [2.75, 3.05) is 32.1 Å². The normalized spacial score (nSPS) is 17.2. The lowest BCUT2D eigenvalue weighted by atomic mass is 10.1. The van der Waals surface area contributed by atoms with E-state index in [1.807, 2.05) is 0 Å². The van der Waals surface area contributed by atoms with E-state index in [1.54, 1.807) is 12.1 Å². The van der Waals surface area contributed by atoms with Crippen molar-refractivity contribution in [1.82, 2.24) is 4.90 Å². The maximum atomic E-state index is 10.9. The van der Waals surface area contributed by atoms with Crippen LogP contribution in [0.25, 0.3) is 0 Å². The van der Waals surface area contributed by atoms with Crippen molar-refractivity contribution in [2.24, 2.45) is 0 Å². The molecule has 0 bridgehead atoms. The number of anilines is 1. The second-order valence-corrected chi connectivity index (χ2v) is 5.50. The zero-order valence-corrected chi connectivity index (χ0v) is 12.7. The van der Waals surface area contributed by atoms with E-state index in [2.05, 4.69) is 17.1 Å². The molecule has 0 aromatic heterocycles. The van der Waals surface area contributed by atoms with Gasteiger partial charge >= 0.3 is 0 Å². The van der Waals surface area contributed by atoms with Gasteiger partial charge in [0.15, 0.2) is 0 Å². The zero-order chi connectivity index (χ0) is 15.2. The monoisotopic (exact) mass is 293 g/mol. The van der Waals surface area contributed by atoms with Crippen molar-refractivity contribution >= 4 is 11.4 Å². The number of non-ortho nitro benzene ring substituents is 1. The Hall–Kier alpha value is -1.82. The van der Waals surface area contributed by atoms with Gasteiger partial charge in [-0.2, -0.15) is 0 Å². The zero-order valence-electron chi connectivity index (χ0n) is 12.7. The van der Waals surface area contributed by atoms with Gasteiger partial charge in [0.05, 0.1) is 18.1 Å². The summed E-state index contributed by atoms with van der Waals surface area (Å²) in [6, 6.07) is 5.18. The predicted molar refractivity (Wildman–Crippen MR) is 83.0 cm³/mol. The molecule has 1 atom stereocenters. The molecule has 1 aromatic carbocycles. The summed E-state index contributed by atoms with van der Waals surface area (Å²) >= 11 is 0. The molecule has 2 rings (SSSR count). The first-order valence-corrected chi connectivity index (χ1v) is 7.41. The minimum absolute atomic E-state index is 0.0440. The maximum absolute atomic E-state index is 10.9. The standard InChI is InChI=1S/C15H23N3O3/c1-12(17-6-4-3-5-7-17)11-16-13-8-14(18(19)20)10-15(9-13)21-2/h8-10,12,16H,3-7,11H2,1-2H3. The average molecular weight is 293 g/mol. The Labute approximate surface area is 125 Å². The Bertz CT molecular complexity index is 487. The summed E-state index contributed by atoms with van der Waals surface area (Å²) in [5, 5.41) is 14.2. The molecule has 0 saturated carbocycles. The van der Waals surface area contributed by atoms with Gasteiger partial charge in [0.2, 0.25) is 0 Å². The number of rotatable bonds is 6. The second kappa shape index (κ2) is 7.26. The first kappa shape index (κ1) is 15.6. The Morgan fingerprint density at radius 1 is 1.33 bits per heavy atom. The Morgan fingerprint density at radius 3 is 2.67 bits per heavy atom. The van der Waals surface area contributed by atoms with Crippen molar-refractivity contribution in [3.8, 4) is 5.75 Å². The van der Waals surface area contributed by atoms with Crippen LogP contribution in [0.1, 0.15) is 26.2 Å². The number of nitro benzene ring substituents is 1. The van der Waals surface area contributed by atoms with Crippen LogP contribution in [0.15, 0.2) is 18.2 Å². The minimum atomic E-state index is -0.401. The number of ether oxygens (including phenoxy) is 1. The summed E-state index contributed by atoms with van der Waals surface area (Å²) in [5.41, 5.74) is 0.771. The number of likely N-dealkylation sites (tertiary alicyclic amines) is 1. The van der Waals surface area contributed by atoms with Crippen LogP contribution in [0.2, 0.25) is 0 Å². The van der Waals surface area contributed by atoms with Crippen molar-refractivity contribution in [3.05, 3.63) is 28.3 Å². The second-order valence-electron chi connectivity index (χ2n) is 5.50. The van der Waals surface area contributed by atoms with Gasteiger partial charge in [0.1, 0.15) is 5.75 Å². The highest BCUT2D eigenvalue weighted by Crippen LogP contribution is 2.26. The van der Waals surface area contributed by atoms with Crippen LogP contribution in [0.4, 0.5) is 11.4 Å². The van der Waals surface area contributed by atoms with Crippen LogP contribution in [0, 0.1) is 10.1 Å². The van der Waals surface area contributed by atoms with Crippen LogP contribution < -0.4 is 10.1 Å². The Kier molecular flexibility index (Phi) is 5.38. The molecular formula is C15H23N3O3. The van der Waals surface area contributed by atoms with E-state index < -0.39 is 4.92 Å². The molecule has 0 spiro atoms. The number of hydrogen-bond donors (Lipinski definition) is 1. The molecule has 6 nitrogen and oxygen atoms in total. The van der Waals surface area contributed by atoms with Crippen LogP contribution in [-0.4, -0.2) is 42.6 Å². The number of nitrogens with one attached hydrogen (secondary N) is 1. The first-order valence-electron chi connectivity index (χ1n) is 7.41. The summed E-state index contributed by atoms with van der Waals surface area (Å²) in [4.78, 5) is 13.0. The number of benzene rings is 1. The van der Waals surface area contributed by atoms with Gasteiger partial charge in [-0.1, -0.05) is 6.42 Å². The summed E-state index contributed by atoms with van der Waals surface area (Å²) in [7, 11) is 1.51. The number of nitrogens with zero attached hydrogens (tertiary/aromatic N) is 2. The van der Waals surface area contributed by atoms with Gasteiger partial charge in [-0.25, -0.2) is 0 Å². The number of hydrogen-bond acceptors (Lipinski definition) is 5. The summed E-state index contributed by atoms with van der Waals surface area (Å²) in [5.74, 6) is 0.498. The van der Waals surface area contributed by atoms with E-state index in [1.165, 1.54) is 32.4 Å². The van der Waals surface area contributed by atoms with E-state index in [0.29, 0.717) is 11.8 Å². The largest absolute Gasteiger partial charge is 0.496 e. The summed E-state index contributed by atoms with van der Waals surface area (Å²) in [6.45, 7) is 5.24. The fraction of sp³-hybridized carbons (Fsp3) is 0.600. The molecule has 1 unspecified atom stereocenters. The fourth-order valence-corrected chi connectivity index (χ4v) is 2.66. The van der Waals surface area contributed by atoms with Crippen molar-refractivity contribution < 1.29 is 9.66 Å². The molecule has 1 aliphatic rings. The van der Waals surface area contributed by atoms with E-state index in [-0.39, 0.29) is 5.69 Å². The van der Waals surface area contributed by atoms with Crippen molar-refractivity contribution in [3.63, 3.8) is 0 Å². The highest BCUT2D eigenvalue weighted by molar-refractivity contribution is 5.56. The molecule has 1 saturated heterocycles. The molecule has 21 heavy (non-hydrogen) atoms. The lowest BCUT2D eigenvalue weighted by Gasteiger charge is -2.32. The van der Waals surface area contributed by atoms with E-state index in [9.17, 15) is 10.1 Å². The number of methoxy groups -OCH3 is 1. The smallest absolute Gasteiger partial charge is 0.275 e. The van der Waals surface area contributed by atoms with Crippen LogP contribution in [0.3, 0.4) is 0 Å². The van der Waals surface area contributed by atoms with Gasteiger partial charge in [0.25, 0.3) is 5.69 Å². The van der Waals surface area contributed by atoms with E-state index in [4.69, 9.17) is 4.74 Å². The Morgan fingerprint density at radius 2 is 2.05 bits per heavy atom. The van der Waals surface area contributed by atoms with Crippen molar-refractivity contribution in [1.29, 1.82) is 0 Å².